The minimum Gasteiger partial charge on any atom is -0.491 e. The number of rotatable bonds is 1. The van der Waals surface area contributed by atoms with Gasteiger partial charge in [0.2, 0.25) is 0 Å². The number of carbonyl (C=O) groups excluding carboxylic acids is 1. The highest BCUT2D eigenvalue weighted by atomic mass is 35.5. The number of pyridine rings is 1. The zero-order valence-corrected chi connectivity index (χ0v) is 12.4. The molecule has 0 unspecified atom stereocenters. The van der Waals surface area contributed by atoms with Crippen LogP contribution in [0.25, 0.3) is 0 Å². The lowest BCUT2D eigenvalue weighted by atomic mass is 10.1. The molecule has 1 aliphatic heterocycles. The van der Waals surface area contributed by atoms with Crippen molar-refractivity contribution in [2.45, 2.75) is 13.5 Å². The van der Waals surface area contributed by atoms with Crippen LogP contribution in [0, 0.1) is 6.92 Å². The van der Waals surface area contributed by atoms with Gasteiger partial charge >= 0.3 is 0 Å². The average molecular weight is 303 g/mol. The Morgan fingerprint density at radius 3 is 3.05 bits per heavy atom. The molecule has 1 aliphatic rings. The molecule has 0 fully saturated rings. The van der Waals surface area contributed by atoms with E-state index in [9.17, 15) is 4.79 Å². The first-order valence-corrected chi connectivity index (χ1v) is 7.14. The van der Waals surface area contributed by atoms with Crippen molar-refractivity contribution in [1.82, 2.24) is 9.88 Å². The second-order valence-corrected chi connectivity index (χ2v) is 5.45. The number of benzene rings is 1. The molecule has 1 aromatic carbocycles. The van der Waals surface area contributed by atoms with Gasteiger partial charge in [0.25, 0.3) is 5.91 Å². The normalized spacial score (nSPS) is 14.1. The standard InChI is InChI=1S/C16H15ClN2O2/c1-11-4-5-18-9-14(11)16(20)19-6-7-21-15-3-2-13(17)8-12(15)10-19/h2-5,8-9H,6-7,10H2,1H3. The van der Waals surface area contributed by atoms with Gasteiger partial charge in [-0.25, -0.2) is 0 Å². The van der Waals surface area contributed by atoms with E-state index in [0.29, 0.717) is 30.3 Å². The highest BCUT2D eigenvalue weighted by Gasteiger charge is 2.22. The fourth-order valence-electron chi connectivity index (χ4n) is 2.39. The van der Waals surface area contributed by atoms with Crippen LogP contribution >= 0.6 is 11.6 Å². The number of aromatic nitrogens is 1. The summed E-state index contributed by atoms with van der Waals surface area (Å²) in [4.78, 5) is 18.5. The molecule has 5 heteroatoms. The highest BCUT2D eigenvalue weighted by Crippen LogP contribution is 2.27. The molecule has 2 heterocycles. The predicted molar refractivity (Wildman–Crippen MR) is 80.7 cm³/mol. The van der Waals surface area contributed by atoms with E-state index < -0.39 is 0 Å². The van der Waals surface area contributed by atoms with Crippen molar-refractivity contribution in [3.8, 4) is 5.75 Å². The van der Waals surface area contributed by atoms with Crippen LogP contribution in [-0.2, 0) is 6.54 Å². The summed E-state index contributed by atoms with van der Waals surface area (Å²) < 4.78 is 5.68. The first-order valence-electron chi connectivity index (χ1n) is 6.76. The maximum atomic E-state index is 12.7. The number of ether oxygens (including phenoxy) is 1. The molecular weight excluding hydrogens is 288 g/mol. The monoisotopic (exact) mass is 302 g/mol. The molecule has 0 saturated carbocycles. The Kier molecular flexibility index (Phi) is 3.80. The molecule has 3 rings (SSSR count). The molecule has 0 N–H and O–H groups in total. The summed E-state index contributed by atoms with van der Waals surface area (Å²) in [5.41, 5.74) is 2.48. The third-order valence-electron chi connectivity index (χ3n) is 3.56. The summed E-state index contributed by atoms with van der Waals surface area (Å²) >= 11 is 6.03. The maximum absolute atomic E-state index is 12.7. The van der Waals surface area contributed by atoms with Crippen molar-refractivity contribution in [1.29, 1.82) is 0 Å². The van der Waals surface area contributed by atoms with E-state index in [1.807, 2.05) is 25.1 Å². The predicted octanol–water partition coefficient (Wildman–Crippen LogP) is 3.08. The summed E-state index contributed by atoms with van der Waals surface area (Å²) in [5.74, 6) is 0.759. The minimum atomic E-state index is -0.0305. The zero-order chi connectivity index (χ0) is 14.8. The van der Waals surface area contributed by atoms with Gasteiger partial charge < -0.3 is 9.64 Å². The van der Waals surface area contributed by atoms with Crippen LogP contribution in [-0.4, -0.2) is 28.9 Å². The molecule has 0 atom stereocenters. The number of carbonyl (C=O) groups is 1. The van der Waals surface area contributed by atoms with E-state index >= 15 is 0 Å². The van der Waals surface area contributed by atoms with Gasteiger partial charge in [-0.2, -0.15) is 0 Å². The second kappa shape index (κ2) is 5.74. The molecule has 0 spiro atoms. The Hall–Kier alpha value is -2.07. The molecule has 1 aromatic heterocycles. The van der Waals surface area contributed by atoms with Gasteiger partial charge in [-0.15, -0.1) is 0 Å². The first-order chi connectivity index (χ1) is 10.1. The molecule has 0 radical (unpaired) electrons. The van der Waals surface area contributed by atoms with Crippen molar-refractivity contribution in [2.24, 2.45) is 0 Å². The average Bonchev–Trinajstić information content (AvgIpc) is 2.68. The van der Waals surface area contributed by atoms with Crippen LogP contribution in [0.4, 0.5) is 0 Å². The Labute approximate surface area is 128 Å². The van der Waals surface area contributed by atoms with Crippen LogP contribution in [0.3, 0.4) is 0 Å². The van der Waals surface area contributed by atoms with Gasteiger partial charge in [0.1, 0.15) is 12.4 Å². The summed E-state index contributed by atoms with van der Waals surface area (Å²) in [5, 5.41) is 0.643. The molecule has 108 valence electrons. The molecular formula is C16H15ClN2O2. The van der Waals surface area contributed by atoms with Gasteiger partial charge in [-0.3, -0.25) is 9.78 Å². The largest absolute Gasteiger partial charge is 0.491 e. The summed E-state index contributed by atoms with van der Waals surface area (Å²) in [7, 11) is 0. The van der Waals surface area contributed by atoms with E-state index in [0.717, 1.165) is 16.9 Å². The fourth-order valence-corrected chi connectivity index (χ4v) is 2.59. The molecule has 4 nitrogen and oxygen atoms in total. The minimum absolute atomic E-state index is 0.0305. The summed E-state index contributed by atoms with van der Waals surface area (Å²) in [6.45, 7) is 3.41. The van der Waals surface area contributed by atoms with Crippen molar-refractivity contribution >= 4 is 17.5 Å². The number of fused-ring (bicyclic) bond motifs is 1. The number of aryl methyl sites for hydroxylation is 1. The SMILES string of the molecule is Cc1ccncc1C(=O)N1CCOc2ccc(Cl)cc2C1. The van der Waals surface area contributed by atoms with E-state index in [2.05, 4.69) is 4.98 Å². The quantitative estimate of drug-likeness (QED) is 0.813. The van der Waals surface area contributed by atoms with E-state index in [-0.39, 0.29) is 5.91 Å². The second-order valence-electron chi connectivity index (χ2n) is 5.02. The number of halogens is 1. The highest BCUT2D eigenvalue weighted by molar-refractivity contribution is 6.30. The molecule has 1 amide bonds. The third-order valence-corrected chi connectivity index (χ3v) is 3.79. The lowest BCUT2D eigenvalue weighted by Gasteiger charge is -2.20. The molecule has 2 aromatic rings. The van der Waals surface area contributed by atoms with Crippen LogP contribution in [0.5, 0.6) is 5.75 Å². The first kappa shape index (κ1) is 13.9. The van der Waals surface area contributed by atoms with E-state index in [4.69, 9.17) is 16.3 Å². The van der Waals surface area contributed by atoms with Crippen molar-refractivity contribution in [3.05, 3.63) is 58.4 Å². The maximum Gasteiger partial charge on any atom is 0.256 e. The Bertz CT molecular complexity index is 688. The van der Waals surface area contributed by atoms with Crippen LogP contribution in [0.1, 0.15) is 21.5 Å². The Morgan fingerprint density at radius 2 is 2.24 bits per heavy atom. The number of amides is 1. The van der Waals surface area contributed by atoms with Gasteiger partial charge in [-0.05, 0) is 36.8 Å². The third kappa shape index (κ3) is 2.85. The topological polar surface area (TPSA) is 42.4 Å². The van der Waals surface area contributed by atoms with Gasteiger partial charge in [0, 0.05) is 29.5 Å². The van der Waals surface area contributed by atoms with Crippen molar-refractivity contribution in [3.63, 3.8) is 0 Å². The lowest BCUT2D eigenvalue weighted by Crippen LogP contribution is -2.33. The van der Waals surface area contributed by atoms with Gasteiger partial charge in [0.05, 0.1) is 12.1 Å². The summed E-state index contributed by atoms with van der Waals surface area (Å²) in [6, 6.07) is 7.33. The number of hydrogen-bond donors (Lipinski definition) is 0. The zero-order valence-electron chi connectivity index (χ0n) is 11.7. The van der Waals surface area contributed by atoms with Crippen LogP contribution < -0.4 is 4.74 Å². The van der Waals surface area contributed by atoms with E-state index in [1.165, 1.54) is 0 Å². The molecule has 0 saturated heterocycles. The van der Waals surface area contributed by atoms with Gasteiger partial charge in [-0.1, -0.05) is 11.6 Å². The molecule has 0 aliphatic carbocycles. The van der Waals surface area contributed by atoms with Crippen molar-refractivity contribution in [2.75, 3.05) is 13.2 Å². The summed E-state index contributed by atoms with van der Waals surface area (Å²) in [6.07, 6.45) is 3.30. The Morgan fingerprint density at radius 1 is 1.38 bits per heavy atom. The lowest BCUT2D eigenvalue weighted by molar-refractivity contribution is 0.0732. The van der Waals surface area contributed by atoms with Crippen LogP contribution in [0.2, 0.25) is 5.02 Å². The number of hydrogen-bond acceptors (Lipinski definition) is 3. The number of nitrogens with zero attached hydrogens (tertiary/aromatic N) is 2. The van der Waals surface area contributed by atoms with Crippen LogP contribution in [0.15, 0.2) is 36.7 Å². The van der Waals surface area contributed by atoms with Crippen molar-refractivity contribution < 1.29 is 9.53 Å². The molecule has 21 heavy (non-hydrogen) atoms. The molecule has 0 bridgehead atoms. The fraction of sp³-hybridized carbons (Fsp3) is 0.250. The smallest absolute Gasteiger partial charge is 0.256 e. The van der Waals surface area contributed by atoms with E-state index in [1.54, 1.807) is 23.4 Å². The Balaban J connectivity index is 1.90. The van der Waals surface area contributed by atoms with Gasteiger partial charge in [0.15, 0.2) is 0 Å².